The van der Waals surface area contributed by atoms with E-state index in [9.17, 15) is 4.79 Å². The van der Waals surface area contributed by atoms with Crippen molar-refractivity contribution in [3.8, 4) is 0 Å². The van der Waals surface area contributed by atoms with Gasteiger partial charge in [0.25, 0.3) is 0 Å². The third kappa shape index (κ3) is 3.72. The Morgan fingerprint density at radius 2 is 1.79 bits per heavy atom. The Labute approximate surface area is 120 Å². The summed E-state index contributed by atoms with van der Waals surface area (Å²) >= 11 is 3.42. The van der Waals surface area contributed by atoms with Crippen LogP contribution in [0.15, 0.2) is 46.9 Å². The number of carbonyl (C=O) groups is 1. The fourth-order valence-electron chi connectivity index (χ4n) is 1.58. The molecule has 0 saturated carbocycles. The van der Waals surface area contributed by atoms with E-state index in [4.69, 9.17) is 5.73 Å². The smallest absolute Gasteiger partial charge is 0.323 e. The zero-order valence-electron chi connectivity index (χ0n) is 10.4. The Bertz CT molecular complexity index is 613. The molecule has 4 N–H and O–H groups in total. The van der Waals surface area contributed by atoms with Crippen molar-refractivity contribution in [3.63, 3.8) is 0 Å². The molecule has 5 heteroatoms. The highest BCUT2D eigenvalue weighted by Crippen LogP contribution is 2.21. The van der Waals surface area contributed by atoms with Crippen LogP contribution < -0.4 is 16.4 Å². The highest BCUT2D eigenvalue weighted by Gasteiger charge is 2.04. The summed E-state index contributed by atoms with van der Waals surface area (Å²) in [6, 6.07) is 12.4. The first-order valence-electron chi connectivity index (χ1n) is 5.74. The lowest BCUT2D eigenvalue weighted by Crippen LogP contribution is -2.19. The molecule has 0 aliphatic heterocycles. The van der Waals surface area contributed by atoms with Crippen LogP contribution in [0.3, 0.4) is 0 Å². The maximum absolute atomic E-state index is 11.8. The lowest BCUT2D eigenvalue weighted by Gasteiger charge is -2.09. The second kappa shape index (κ2) is 5.75. The highest BCUT2D eigenvalue weighted by atomic mass is 79.9. The summed E-state index contributed by atoms with van der Waals surface area (Å²) in [6.45, 7) is 1.99. The molecule has 4 nitrogen and oxygen atoms in total. The number of aryl methyl sites for hydroxylation is 1. The van der Waals surface area contributed by atoms with E-state index in [1.165, 1.54) is 0 Å². The van der Waals surface area contributed by atoms with Crippen molar-refractivity contribution in [2.45, 2.75) is 6.92 Å². The maximum atomic E-state index is 11.8. The fraction of sp³-hybridized carbons (Fsp3) is 0.0714. The van der Waals surface area contributed by atoms with Gasteiger partial charge < -0.3 is 16.4 Å². The van der Waals surface area contributed by atoms with Gasteiger partial charge in [-0.3, -0.25) is 0 Å². The number of amides is 2. The minimum atomic E-state index is -0.304. The molecule has 0 atom stereocenters. The van der Waals surface area contributed by atoms with E-state index >= 15 is 0 Å². The molecule has 0 heterocycles. The summed E-state index contributed by atoms with van der Waals surface area (Å²) in [7, 11) is 0. The van der Waals surface area contributed by atoms with Crippen molar-refractivity contribution in [1.82, 2.24) is 0 Å². The van der Waals surface area contributed by atoms with Crippen LogP contribution in [0.25, 0.3) is 0 Å². The van der Waals surface area contributed by atoms with Gasteiger partial charge >= 0.3 is 6.03 Å². The van der Waals surface area contributed by atoms with Crippen LogP contribution in [-0.2, 0) is 0 Å². The zero-order chi connectivity index (χ0) is 13.8. The van der Waals surface area contributed by atoms with Crippen molar-refractivity contribution in [1.29, 1.82) is 0 Å². The largest absolute Gasteiger partial charge is 0.399 e. The number of nitrogen functional groups attached to an aromatic ring is 1. The Kier molecular flexibility index (Phi) is 4.06. The number of nitrogens with two attached hydrogens (primary N) is 1. The van der Waals surface area contributed by atoms with Gasteiger partial charge in [0.2, 0.25) is 0 Å². The molecule has 0 radical (unpaired) electrons. The van der Waals surface area contributed by atoms with Gasteiger partial charge in [0.05, 0.1) is 0 Å². The van der Waals surface area contributed by atoms with Crippen molar-refractivity contribution >= 4 is 39.0 Å². The third-order valence-electron chi connectivity index (χ3n) is 2.57. The van der Waals surface area contributed by atoms with Crippen molar-refractivity contribution < 1.29 is 4.79 Å². The molecule has 98 valence electrons. The van der Waals surface area contributed by atoms with Crippen LogP contribution in [-0.4, -0.2) is 6.03 Å². The van der Waals surface area contributed by atoms with Gasteiger partial charge in [0.1, 0.15) is 0 Å². The van der Waals surface area contributed by atoms with Crippen LogP contribution in [0.2, 0.25) is 0 Å². The van der Waals surface area contributed by atoms with E-state index in [1.54, 1.807) is 24.3 Å². The molecular formula is C14H14BrN3O. The molecule has 0 aliphatic rings. The number of nitrogens with one attached hydrogen (secondary N) is 2. The van der Waals surface area contributed by atoms with E-state index in [0.29, 0.717) is 11.4 Å². The molecular weight excluding hydrogens is 306 g/mol. The first-order chi connectivity index (χ1) is 9.04. The van der Waals surface area contributed by atoms with E-state index in [-0.39, 0.29) is 6.03 Å². The normalized spacial score (nSPS) is 10.0. The molecule has 0 saturated heterocycles. The molecule has 0 fully saturated rings. The lowest BCUT2D eigenvalue weighted by molar-refractivity contribution is 0.262. The number of anilines is 3. The fourth-order valence-corrected chi connectivity index (χ4v) is 1.96. The van der Waals surface area contributed by atoms with Crippen molar-refractivity contribution in [3.05, 3.63) is 52.5 Å². The van der Waals surface area contributed by atoms with Gasteiger partial charge in [-0.1, -0.05) is 28.1 Å². The molecule has 2 amide bonds. The molecule has 19 heavy (non-hydrogen) atoms. The minimum Gasteiger partial charge on any atom is -0.399 e. The summed E-state index contributed by atoms with van der Waals surface area (Å²) in [6.07, 6.45) is 0. The monoisotopic (exact) mass is 319 g/mol. The highest BCUT2D eigenvalue weighted by molar-refractivity contribution is 9.10. The first kappa shape index (κ1) is 13.4. The van der Waals surface area contributed by atoms with E-state index in [2.05, 4.69) is 26.6 Å². The van der Waals surface area contributed by atoms with Crippen molar-refractivity contribution in [2.75, 3.05) is 16.4 Å². The van der Waals surface area contributed by atoms with Gasteiger partial charge in [-0.25, -0.2) is 4.79 Å². The van der Waals surface area contributed by atoms with Crippen LogP contribution in [0, 0.1) is 6.92 Å². The molecule has 2 aromatic carbocycles. The molecule has 0 bridgehead atoms. The van der Waals surface area contributed by atoms with Gasteiger partial charge in [-0.05, 0) is 42.8 Å². The second-order valence-corrected chi connectivity index (χ2v) is 5.02. The Balaban J connectivity index is 2.03. The molecule has 2 aromatic rings. The zero-order valence-corrected chi connectivity index (χ0v) is 12.0. The Morgan fingerprint density at radius 3 is 2.42 bits per heavy atom. The number of hydrogen-bond donors (Lipinski definition) is 3. The number of carbonyl (C=O) groups excluding carboxylic acids is 1. The standard InChI is InChI=1S/C14H14BrN3O/c1-9-5-6-12(8-13(9)15)18-14(19)17-11-4-2-3-10(16)7-11/h2-8H,16H2,1H3,(H2,17,18,19). The maximum Gasteiger partial charge on any atom is 0.323 e. The van der Waals surface area contributed by atoms with Crippen LogP contribution in [0.5, 0.6) is 0 Å². The average Bonchev–Trinajstić information content (AvgIpc) is 2.34. The average molecular weight is 320 g/mol. The van der Waals surface area contributed by atoms with Gasteiger partial charge in [-0.15, -0.1) is 0 Å². The Morgan fingerprint density at radius 1 is 1.11 bits per heavy atom. The van der Waals surface area contributed by atoms with Crippen LogP contribution in [0.4, 0.5) is 21.9 Å². The molecule has 0 spiro atoms. The van der Waals surface area contributed by atoms with Gasteiger partial charge in [-0.2, -0.15) is 0 Å². The molecule has 0 unspecified atom stereocenters. The van der Waals surface area contributed by atoms with Crippen molar-refractivity contribution in [2.24, 2.45) is 0 Å². The summed E-state index contributed by atoms with van der Waals surface area (Å²) in [5.74, 6) is 0. The quantitative estimate of drug-likeness (QED) is 0.733. The SMILES string of the molecule is Cc1ccc(NC(=O)Nc2cccc(N)c2)cc1Br. The molecule has 0 aromatic heterocycles. The number of halogens is 1. The lowest BCUT2D eigenvalue weighted by atomic mass is 10.2. The second-order valence-electron chi connectivity index (χ2n) is 4.17. The number of urea groups is 1. The van der Waals surface area contributed by atoms with Gasteiger partial charge in [0, 0.05) is 21.5 Å². The molecule has 0 aliphatic carbocycles. The van der Waals surface area contributed by atoms with Crippen LogP contribution >= 0.6 is 15.9 Å². The third-order valence-corrected chi connectivity index (χ3v) is 3.43. The summed E-state index contributed by atoms with van der Waals surface area (Å²) in [5, 5.41) is 5.48. The van der Waals surface area contributed by atoms with E-state index in [1.807, 2.05) is 25.1 Å². The first-order valence-corrected chi connectivity index (χ1v) is 6.53. The predicted molar refractivity (Wildman–Crippen MR) is 82.4 cm³/mol. The summed E-state index contributed by atoms with van der Waals surface area (Å²) in [5.41, 5.74) is 8.74. The topological polar surface area (TPSA) is 67.2 Å². The van der Waals surface area contributed by atoms with Crippen LogP contribution in [0.1, 0.15) is 5.56 Å². The predicted octanol–water partition coefficient (Wildman–Crippen LogP) is 3.98. The minimum absolute atomic E-state index is 0.304. The van der Waals surface area contributed by atoms with Gasteiger partial charge in [0.15, 0.2) is 0 Å². The molecule has 2 rings (SSSR count). The van der Waals surface area contributed by atoms with E-state index in [0.717, 1.165) is 15.7 Å². The van der Waals surface area contributed by atoms with E-state index < -0.39 is 0 Å². The summed E-state index contributed by atoms with van der Waals surface area (Å²) < 4.78 is 0.953. The number of hydrogen-bond acceptors (Lipinski definition) is 2. The Hall–Kier alpha value is -2.01. The number of benzene rings is 2. The summed E-state index contributed by atoms with van der Waals surface area (Å²) in [4.78, 5) is 11.8. The number of rotatable bonds is 2.